The second-order valence-electron chi connectivity index (χ2n) is 4.72. The van der Waals surface area contributed by atoms with Crippen LogP contribution in [0.5, 0.6) is 0 Å². The SMILES string of the molecule is CC(C(=O)[O-])c1ccc2sc3ccccc3c(=O)c2c1. The summed E-state index contributed by atoms with van der Waals surface area (Å²) in [5.41, 5.74) is 0.541. The summed E-state index contributed by atoms with van der Waals surface area (Å²) in [7, 11) is 0. The van der Waals surface area contributed by atoms with Gasteiger partial charge in [-0.05, 0) is 29.8 Å². The Morgan fingerprint density at radius 1 is 1.10 bits per heavy atom. The number of fused-ring (bicyclic) bond motifs is 2. The van der Waals surface area contributed by atoms with Gasteiger partial charge in [-0.2, -0.15) is 0 Å². The highest BCUT2D eigenvalue weighted by Crippen LogP contribution is 2.27. The van der Waals surface area contributed by atoms with Crippen molar-refractivity contribution in [2.24, 2.45) is 0 Å². The van der Waals surface area contributed by atoms with Gasteiger partial charge in [-0.15, -0.1) is 11.3 Å². The Labute approximate surface area is 119 Å². The van der Waals surface area contributed by atoms with Gasteiger partial charge in [0.15, 0.2) is 5.43 Å². The fraction of sp³-hybridized carbons (Fsp3) is 0.125. The van der Waals surface area contributed by atoms with Crippen molar-refractivity contribution in [2.45, 2.75) is 12.8 Å². The molecule has 0 aliphatic rings. The van der Waals surface area contributed by atoms with E-state index in [1.165, 1.54) is 11.3 Å². The summed E-state index contributed by atoms with van der Waals surface area (Å²) >= 11 is 1.53. The number of hydrogen-bond donors (Lipinski definition) is 0. The summed E-state index contributed by atoms with van der Waals surface area (Å²) < 4.78 is 1.80. The third-order valence-corrected chi connectivity index (χ3v) is 4.61. The zero-order valence-corrected chi connectivity index (χ0v) is 11.6. The highest BCUT2D eigenvalue weighted by molar-refractivity contribution is 7.24. The quantitative estimate of drug-likeness (QED) is 0.678. The molecule has 0 radical (unpaired) electrons. The van der Waals surface area contributed by atoms with Gasteiger partial charge in [0.25, 0.3) is 0 Å². The molecule has 0 N–H and O–H groups in total. The molecule has 0 aliphatic heterocycles. The van der Waals surface area contributed by atoms with Crippen LogP contribution < -0.4 is 10.5 Å². The highest BCUT2D eigenvalue weighted by Gasteiger charge is 2.10. The van der Waals surface area contributed by atoms with Crippen molar-refractivity contribution in [1.29, 1.82) is 0 Å². The van der Waals surface area contributed by atoms with Crippen molar-refractivity contribution >= 4 is 37.5 Å². The molecule has 0 saturated carbocycles. The first kappa shape index (κ1) is 12.8. The summed E-state index contributed by atoms with van der Waals surface area (Å²) in [6.07, 6.45) is 0. The molecule has 4 heteroatoms. The molecule has 3 rings (SSSR count). The lowest BCUT2D eigenvalue weighted by Crippen LogP contribution is -2.28. The molecule has 20 heavy (non-hydrogen) atoms. The van der Waals surface area contributed by atoms with Crippen LogP contribution in [0.1, 0.15) is 18.4 Å². The lowest BCUT2D eigenvalue weighted by Gasteiger charge is -2.13. The van der Waals surface area contributed by atoms with Crippen molar-refractivity contribution in [3.05, 3.63) is 58.3 Å². The van der Waals surface area contributed by atoms with E-state index in [0.29, 0.717) is 16.3 Å². The fourth-order valence-electron chi connectivity index (χ4n) is 2.23. The number of rotatable bonds is 2. The van der Waals surface area contributed by atoms with Crippen molar-refractivity contribution < 1.29 is 9.90 Å². The Morgan fingerprint density at radius 2 is 1.80 bits per heavy atom. The standard InChI is InChI=1S/C16H12O3S/c1-9(16(18)19)10-6-7-14-12(8-10)15(17)11-4-2-3-5-13(11)20-14/h2-9H,1H3,(H,18,19)/p-1. The lowest BCUT2D eigenvalue weighted by molar-refractivity contribution is -0.307. The topological polar surface area (TPSA) is 57.2 Å². The van der Waals surface area contributed by atoms with E-state index < -0.39 is 11.9 Å². The molecule has 1 heterocycles. The summed E-state index contributed by atoms with van der Waals surface area (Å²) in [6, 6.07) is 12.7. The van der Waals surface area contributed by atoms with Gasteiger partial charge in [0, 0.05) is 32.1 Å². The largest absolute Gasteiger partial charge is 0.550 e. The first-order valence-corrected chi connectivity index (χ1v) is 7.06. The first-order chi connectivity index (χ1) is 9.58. The van der Waals surface area contributed by atoms with Gasteiger partial charge in [-0.25, -0.2) is 0 Å². The van der Waals surface area contributed by atoms with E-state index in [2.05, 4.69) is 0 Å². The molecule has 100 valence electrons. The Bertz CT molecular complexity index is 880. The second-order valence-corrected chi connectivity index (χ2v) is 5.81. The molecule has 2 aromatic carbocycles. The van der Waals surface area contributed by atoms with E-state index in [1.807, 2.05) is 24.3 Å². The van der Waals surface area contributed by atoms with E-state index in [-0.39, 0.29) is 5.43 Å². The Hall–Kier alpha value is -2.20. The molecule has 0 bridgehead atoms. The van der Waals surface area contributed by atoms with Crippen LogP contribution in [0.2, 0.25) is 0 Å². The molecule has 0 fully saturated rings. The Balaban J connectivity index is 2.34. The van der Waals surface area contributed by atoms with Crippen LogP contribution in [0.15, 0.2) is 47.3 Å². The first-order valence-electron chi connectivity index (χ1n) is 6.24. The van der Waals surface area contributed by atoms with E-state index in [9.17, 15) is 14.7 Å². The number of aliphatic carboxylic acids is 1. The number of carbonyl (C=O) groups is 1. The summed E-state index contributed by atoms with van der Waals surface area (Å²) in [5, 5.41) is 12.2. The van der Waals surface area contributed by atoms with Gasteiger partial charge in [0.2, 0.25) is 0 Å². The molecule has 1 unspecified atom stereocenters. The van der Waals surface area contributed by atoms with Gasteiger partial charge in [-0.1, -0.05) is 25.1 Å². The maximum Gasteiger partial charge on any atom is 0.195 e. The van der Waals surface area contributed by atoms with E-state index in [1.54, 1.807) is 25.1 Å². The van der Waals surface area contributed by atoms with E-state index in [4.69, 9.17) is 0 Å². The second kappa shape index (κ2) is 4.72. The minimum absolute atomic E-state index is 0.0539. The molecule has 0 saturated heterocycles. The maximum absolute atomic E-state index is 12.5. The normalized spacial score (nSPS) is 12.7. The van der Waals surface area contributed by atoms with Crippen molar-refractivity contribution in [2.75, 3.05) is 0 Å². The molecular weight excluding hydrogens is 272 g/mol. The molecule has 0 aliphatic carbocycles. The number of carboxylic acid groups (broad SMARTS) is 1. The highest BCUT2D eigenvalue weighted by atomic mass is 32.1. The molecule has 3 aromatic rings. The van der Waals surface area contributed by atoms with Crippen molar-refractivity contribution in [3.63, 3.8) is 0 Å². The molecule has 3 nitrogen and oxygen atoms in total. The Morgan fingerprint density at radius 3 is 2.55 bits per heavy atom. The molecule has 1 atom stereocenters. The van der Waals surface area contributed by atoms with Gasteiger partial charge >= 0.3 is 0 Å². The zero-order chi connectivity index (χ0) is 14.3. The molecule has 1 aromatic heterocycles. The number of carbonyl (C=O) groups excluding carboxylic acids is 1. The lowest BCUT2D eigenvalue weighted by atomic mass is 10.00. The number of benzene rings is 2. The van der Waals surface area contributed by atoms with Gasteiger partial charge in [0.1, 0.15) is 0 Å². The van der Waals surface area contributed by atoms with E-state index in [0.717, 1.165) is 9.40 Å². The smallest absolute Gasteiger partial charge is 0.195 e. The van der Waals surface area contributed by atoms with Crippen molar-refractivity contribution in [1.82, 2.24) is 0 Å². The number of carboxylic acids is 1. The van der Waals surface area contributed by atoms with Gasteiger partial charge in [-0.3, -0.25) is 4.79 Å². The van der Waals surface area contributed by atoms with Crippen LogP contribution in [-0.2, 0) is 4.79 Å². The monoisotopic (exact) mass is 283 g/mol. The average Bonchev–Trinajstić information content (AvgIpc) is 2.46. The fourth-order valence-corrected chi connectivity index (χ4v) is 3.28. The van der Waals surface area contributed by atoms with Crippen LogP contribution in [0.25, 0.3) is 20.2 Å². The Kier molecular flexibility index (Phi) is 3.03. The average molecular weight is 283 g/mol. The van der Waals surface area contributed by atoms with Gasteiger partial charge < -0.3 is 9.90 Å². The summed E-state index contributed by atoms with van der Waals surface area (Å²) in [5.74, 6) is -1.86. The van der Waals surface area contributed by atoms with Crippen LogP contribution in [0.3, 0.4) is 0 Å². The summed E-state index contributed by atoms with van der Waals surface area (Å²) in [6.45, 7) is 1.56. The minimum atomic E-state index is -1.14. The predicted molar refractivity (Wildman–Crippen MR) is 79.0 cm³/mol. The van der Waals surface area contributed by atoms with E-state index >= 15 is 0 Å². The van der Waals surface area contributed by atoms with Crippen LogP contribution >= 0.6 is 11.3 Å². The minimum Gasteiger partial charge on any atom is -0.550 e. The molecule has 0 spiro atoms. The third-order valence-electron chi connectivity index (χ3n) is 3.45. The van der Waals surface area contributed by atoms with Gasteiger partial charge in [0.05, 0.1) is 0 Å². The predicted octanol–water partition coefficient (Wildman–Crippen LogP) is 2.27. The van der Waals surface area contributed by atoms with Crippen molar-refractivity contribution in [3.8, 4) is 0 Å². The number of hydrogen-bond acceptors (Lipinski definition) is 4. The van der Waals surface area contributed by atoms with Crippen LogP contribution in [-0.4, -0.2) is 5.97 Å². The zero-order valence-electron chi connectivity index (χ0n) is 10.8. The maximum atomic E-state index is 12.5. The van der Waals surface area contributed by atoms with Crippen LogP contribution in [0, 0.1) is 0 Å². The molecular formula is C16H11O3S-. The van der Waals surface area contributed by atoms with Crippen LogP contribution in [0.4, 0.5) is 0 Å². The third kappa shape index (κ3) is 1.98. The molecule has 0 amide bonds. The summed E-state index contributed by atoms with van der Waals surface area (Å²) in [4.78, 5) is 23.4.